The third-order valence-corrected chi connectivity index (χ3v) is 8.14. The van der Waals surface area contributed by atoms with E-state index in [9.17, 15) is 9.59 Å². The molecule has 0 bridgehead atoms. The maximum absolute atomic E-state index is 13.1. The normalized spacial score (nSPS) is 17.6. The number of benzene rings is 2. The summed E-state index contributed by atoms with van der Waals surface area (Å²) >= 11 is 0. The highest BCUT2D eigenvalue weighted by Crippen LogP contribution is 2.35. The Morgan fingerprint density at radius 1 is 1.03 bits per heavy atom. The second kappa shape index (κ2) is 8.99. The van der Waals surface area contributed by atoms with Gasteiger partial charge in [-0.05, 0) is 73.1 Å². The predicted molar refractivity (Wildman–Crippen MR) is 138 cm³/mol. The van der Waals surface area contributed by atoms with Crippen LogP contribution in [-0.4, -0.2) is 44.2 Å². The Labute approximate surface area is 205 Å². The van der Waals surface area contributed by atoms with Crippen molar-refractivity contribution in [2.75, 3.05) is 13.1 Å². The van der Waals surface area contributed by atoms with Crippen LogP contribution in [0.5, 0.6) is 0 Å². The number of amides is 1. The van der Waals surface area contributed by atoms with E-state index in [2.05, 4.69) is 33.2 Å². The molecule has 2 fully saturated rings. The first-order valence-corrected chi connectivity index (χ1v) is 12.9. The molecule has 2 aromatic carbocycles. The second-order valence-electron chi connectivity index (χ2n) is 10.4. The van der Waals surface area contributed by atoms with Crippen molar-refractivity contribution < 1.29 is 9.59 Å². The van der Waals surface area contributed by atoms with Crippen LogP contribution in [0.4, 0.5) is 0 Å². The number of carbonyl (C=O) groups excluding carboxylic acids is 2. The van der Waals surface area contributed by atoms with E-state index < -0.39 is 0 Å². The maximum Gasteiger partial charge on any atom is 0.225 e. The smallest absolute Gasteiger partial charge is 0.225 e. The quantitative estimate of drug-likeness (QED) is 0.400. The molecule has 1 aliphatic heterocycles. The van der Waals surface area contributed by atoms with E-state index >= 15 is 0 Å². The summed E-state index contributed by atoms with van der Waals surface area (Å²) in [7, 11) is 1.96. The fourth-order valence-corrected chi connectivity index (χ4v) is 6.08. The lowest BCUT2D eigenvalue weighted by Crippen LogP contribution is -2.40. The number of Topliss-reactive ketones (excluding diaryl/α,β-unsaturated/α-hetero) is 1. The Kier molecular flexibility index (Phi) is 5.67. The van der Waals surface area contributed by atoms with E-state index in [1.165, 1.54) is 23.8 Å². The number of nitrogens with zero attached hydrogens (tertiary/aromatic N) is 3. The van der Waals surface area contributed by atoms with Gasteiger partial charge in [-0.25, -0.2) is 4.98 Å². The third kappa shape index (κ3) is 4.15. The van der Waals surface area contributed by atoms with Crippen molar-refractivity contribution in [1.29, 1.82) is 0 Å². The number of H-pyrrole nitrogens is 1. The SMILES string of the molecule is Cn1cnc2cc(C(=O)Cc3ccc4[nH]cc(C5CCN(C(=O)C6CCCC6)CC5)c4c3)ccc21. The fourth-order valence-electron chi connectivity index (χ4n) is 6.08. The summed E-state index contributed by atoms with van der Waals surface area (Å²) in [4.78, 5) is 35.8. The first kappa shape index (κ1) is 22.1. The molecule has 1 amide bonds. The van der Waals surface area contributed by atoms with Crippen molar-refractivity contribution >= 4 is 33.6 Å². The Hall–Kier alpha value is -3.41. The van der Waals surface area contributed by atoms with Crippen LogP contribution >= 0.6 is 0 Å². The summed E-state index contributed by atoms with van der Waals surface area (Å²) in [5.74, 6) is 1.18. The van der Waals surface area contributed by atoms with E-state index in [0.717, 1.165) is 60.9 Å². The molecule has 1 saturated heterocycles. The number of rotatable bonds is 5. The molecule has 180 valence electrons. The van der Waals surface area contributed by atoms with Crippen LogP contribution in [0.3, 0.4) is 0 Å². The van der Waals surface area contributed by atoms with Gasteiger partial charge in [0.15, 0.2) is 5.78 Å². The van der Waals surface area contributed by atoms with Gasteiger partial charge in [-0.1, -0.05) is 18.9 Å². The number of aryl methyl sites for hydroxylation is 1. The lowest BCUT2D eigenvalue weighted by atomic mass is 9.88. The van der Waals surface area contributed by atoms with Crippen LogP contribution < -0.4 is 0 Å². The lowest BCUT2D eigenvalue weighted by Gasteiger charge is -2.33. The van der Waals surface area contributed by atoms with Gasteiger partial charge in [0.05, 0.1) is 17.4 Å². The predicted octanol–water partition coefficient (Wildman–Crippen LogP) is 5.38. The van der Waals surface area contributed by atoms with Gasteiger partial charge >= 0.3 is 0 Å². The van der Waals surface area contributed by atoms with Crippen LogP contribution in [-0.2, 0) is 18.3 Å². The van der Waals surface area contributed by atoms with Gasteiger partial charge in [0.1, 0.15) is 0 Å². The number of likely N-dealkylation sites (tertiary alicyclic amines) is 1. The number of aromatic nitrogens is 3. The Balaban J connectivity index is 1.17. The molecule has 6 rings (SSSR count). The number of aromatic amines is 1. The van der Waals surface area contributed by atoms with Gasteiger partial charge in [-0.2, -0.15) is 0 Å². The first-order valence-electron chi connectivity index (χ1n) is 12.9. The maximum atomic E-state index is 13.1. The average Bonchev–Trinajstić information content (AvgIpc) is 3.64. The summed E-state index contributed by atoms with van der Waals surface area (Å²) in [6, 6.07) is 12.1. The molecule has 1 saturated carbocycles. The molecule has 35 heavy (non-hydrogen) atoms. The lowest BCUT2D eigenvalue weighted by molar-refractivity contribution is -0.136. The van der Waals surface area contributed by atoms with Gasteiger partial charge in [0.25, 0.3) is 0 Å². The Morgan fingerprint density at radius 2 is 1.83 bits per heavy atom. The van der Waals surface area contributed by atoms with Crippen LogP contribution in [0.2, 0.25) is 0 Å². The number of hydrogen-bond acceptors (Lipinski definition) is 3. The minimum atomic E-state index is 0.104. The summed E-state index contributed by atoms with van der Waals surface area (Å²) in [6.45, 7) is 1.70. The van der Waals surface area contributed by atoms with Crippen molar-refractivity contribution in [2.45, 2.75) is 50.9 Å². The van der Waals surface area contributed by atoms with Crippen molar-refractivity contribution in [3.05, 3.63) is 65.6 Å². The molecule has 0 radical (unpaired) electrons. The summed E-state index contributed by atoms with van der Waals surface area (Å²) < 4.78 is 1.96. The van der Waals surface area contributed by atoms with Crippen molar-refractivity contribution in [3.63, 3.8) is 0 Å². The van der Waals surface area contributed by atoms with Gasteiger partial charge in [0, 0.05) is 55.1 Å². The summed E-state index contributed by atoms with van der Waals surface area (Å²) in [5.41, 5.74) is 6.02. The average molecular weight is 469 g/mol. The molecule has 1 aliphatic carbocycles. The van der Waals surface area contributed by atoms with E-state index in [4.69, 9.17) is 0 Å². The largest absolute Gasteiger partial charge is 0.361 e. The summed E-state index contributed by atoms with van der Waals surface area (Å²) in [6.07, 6.45) is 10.8. The molecule has 4 aromatic rings. The van der Waals surface area contributed by atoms with Crippen LogP contribution in [0.1, 0.15) is 65.9 Å². The van der Waals surface area contributed by atoms with Crippen LogP contribution in [0.25, 0.3) is 21.9 Å². The molecule has 3 heterocycles. The van der Waals surface area contributed by atoms with Crippen LogP contribution in [0, 0.1) is 5.92 Å². The number of ketones is 1. The molecule has 0 spiro atoms. The molecule has 1 N–H and O–H groups in total. The van der Waals surface area contributed by atoms with E-state index in [0.29, 0.717) is 23.8 Å². The highest BCUT2D eigenvalue weighted by molar-refractivity contribution is 6.00. The third-order valence-electron chi connectivity index (χ3n) is 8.14. The molecule has 6 nitrogen and oxygen atoms in total. The number of fused-ring (bicyclic) bond motifs is 2. The zero-order valence-corrected chi connectivity index (χ0v) is 20.3. The monoisotopic (exact) mass is 468 g/mol. The molecular weight excluding hydrogens is 436 g/mol. The van der Waals surface area contributed by atoms with E-state index in [-0.39, 0.29) is 11.7 Å². The van der Waals surface area contributed by atoms with Gasteiger partial charge in [0.2, 0.25) is 5.91 Å². The molecular formula is C29H32N4O2. The zero-order valence-electron chi connectivity index (χ0n) is 20.3. The van der Waals surface area contributed by atoms with Crippen molar-refractivity contribution in [3.8, 4) is 0 Å². The first-order chi connectivity index (χ1) is 17.1. The number of imidazole rings is 1. The number of hydrogen-bond donors (Lipinski definition) is 1. The van der Waals surface area contributed by atoms with Crippen molar-refractivity contribution in [1.82, 2.24) is 19.4 Å². The molecule has 0 unspecified atom stereocenters. The van der Waals surface area contributed by atoms with Gasteiger partial charge in [-0.15, -0.1) is 0 Å². The molecule has 2 aliphatic rings. The summed E-state index contributed by atoms with van der Waals surface area (Å²) in [5, 5.41) is 1.20. The fraction of sp³-hybridized carbons (Fsp3) is 0.414. The topological polar surface area (TPSA) is 71.0 Å². The highest BCUT2D eigenvalue weighted by Gasteiger charge is 2.31. The molecule has 2 aromatic heterocycles. The highest BCUT2D eigenvalue weighted by atomic mass is 16.2. The number of carbonyl (C=O) groups is 2. The van der Waals surface area contributed by atoms with Crippen molar-refractivity contribution in [2.24, 2.45) is 13.0 Å². The van der Waals surface area contributed by atoms with E-state index in [1.807, 2.05) is 35.9 Å². The van der Waals surface area contributed by atoms with Gasteiger partial charge < -0.3 is 14.5 Å². The van der Waals surface area contributed by atoms with Crippen LogP contribution in [0.15, 0.2) is 48.9 Å². The second-order valence-corrected chi connectivity index (χ2v) is 10.4. The van der Waals surface area contributed by atoms with E-state index in [1.54, 1.807) is 6.33 Å². The number of piperidine rings is 1. The minimum absolute atomic E-state index is 0.104. The Bertz CT molecular complexity index is 1400. The Morgan fingerprint density at radius 3 is 2.63 bits per heavy atom. The van der Waals surface area contributed by atoms with Gasteiger partial charge in [-0.3, -0.25) is 9.59 Å². The minimum Gasteiger partial charge on any atom is -0.361 e. The zero-order chi connectivity index (χ0) is 23.9. The standard InChI is InChI=1S/C29H32N4O2/c1-32-18-31-26-16-22(7-9-27(26)32)28(34)15-19-6-8-25-23(14-19)24(17-30-25)20-10-12-33(13-11-20)29(35)21-4-2-3-5-21/h6-9,14,16-18,20-21,30H,2-5,10-13,15H2,1H3. The number of nitrogens with one attached hydrogen (secondary N) is 1. The molecule has 0 atom stereocenters. The molecule has 6 heteroatoms.